The fourth-order valence-corrected chi connectivity index (χ4v) is 5.02. The Morgan fingerprint density at radius 2 is 1.24 bits per heavy atom. The summed E-state index contributed by atoms with van der Waals surface area (Å²) < 4.78 is 0. The molecule has 4 atom stereocenters. The molecule has 0 fully saturated rings. The number of hydrogen-bond donors (Lipinski definition) is 0. The maximum Gasteiger partial charge on any atom is -0.0168 e. The smallest absolute Gasteiger partial charge is 0.0168 e. The van der Waals surface area contributed by atoms with Crippen LogP contribution in [-0.2, 0) is 0 Å². The standard InChI is InChI=1S/C18H34.C14H24.C3H8.5C2H6/c1-8-10-11-12-15(5)16(6)13-18(9-2)17(7)14(3)4;1-5-8-14-10-13(7-3)12(6-2)9-11(14)4;1-3-2;5*1-2/h11-12,14,17-18H,8-10,13H2,1-7H3;7,12-13H,3,5-6,8-10H2,1-2,4H3;3H2,1-2H3;5*1-2H3/b12-11?,16-15+;;;;;;;. The molecular weight excluding hydrogens is 540 g/mol. The second kappa shape index (κ2) is 49.8. The van der Waals surface area contributed by atoms with Crippen LogP contribution in [0.25, 0.3) is 0 Å². The zero-order chi connectivity index (χ0) is 37.4. The highest BCUT2D eigenvalue weighted by atomic mass is 14.3. The summed E-state index contributed by atoms with van der Waals surface area (Å²) in [6.45, 7) is 51.4. The van der Waals surface area contributed by atoms with Gasteiger partial charge in [-0.3, -0.25) is 0 Å². The van der Waals surface area contributed by atoms with Crippen molar-refractivity contribution in [2.24, 2.45) is 29.6 Å². The van der Waals surface area contributed by atoms with E-state index in [-0.39, 0.29) is 0 Å². The molecular formula is C45H96. The van der Waals surface area contributed by atoms with Gasteiger partial charge in [0.15, 0.2) is 0 Å². The van der Waals surface area contributed by atoms with Crippen LogP contribution in [0.1, 0.15) is 217 Å². The first-order valence-corrected chi connectivity index (χ1v) is 20.2. The number of unbranched alkanes of at least 4 members (excludes halogenated alkanes) is 1. The van der Waals surface area contributed by atoms with E-state index in [1.54, 1.807) is 16.7 Å². The lowest BCUT2D eigenvalue weighted by molar-refractivity contribution is 0.267. The van der Waals surface area contributed by atoms with Crippen molar-refractivity contribution in [3.63, 3.8) is 0 Å². The molecule has 45 heavy (non-hydrogen) atoms. The summed E-state index contributed by atoms with van der Waals surface area (Å²) >= 11 is 0. The molecule has 0 heteroatoms. The van der Waals surface area contributed by atoms with Gasteiger partial charge in [0.1, 0.15) is 0 Å². The van der Waals surface area contributed by atoms with Gasteiger partial charge in [0.05, 0.1) is 0 Å². The highest BCUT2D eigenvalue weighted by Crippen LogP contribution is 2.38. The number of rotatable bonds is 12. The van der Waals surface area contributed by atoms with Crippen molar-refractivity contribution in [2.75, 3.05) is 0 Å². The lowest BCUT2D eigenvalue weighted by Crippen LogP contribution is -2.18. The van der Waals surface area contributed by atoms with E-state index >= 15 is 0 Å². The van der Waals surface area contributed by atoms with Crippen molar-refractivity contribution in [2.45, 2.75) is 217 Å². The van der Waals surface area contributed by atoms with Crippen LogP contribution in [-0.4, -0.2) is 0 Å². The minimum absolute atomic E-state index is 0.741. The summed E-state index contributed by atoms with van der Waals surface area (Å²) in [5, 5.41) is 0. The predicted molar refractivity (Wildman–Crippen MR) is 222 cm³/mol. The van der Waals surface area contributed by atoms with Crippen LogP contribution < -0.4 is 0 Å². The van der Waals surface area contributed by atoms with Gasteiger partial charge in [0, 0.05) is 0 Å². The summed E-state index contributed by atoms with van der Waals surface area (Å²) in [5.41, 5.74) is 6.42. The van der Waals surface area contributed by atoms with Crippen LogP contribution >= 0.6 is 0 Å². The van der Waals surface area contributed by atoms with Gasteiger partial charge in [-0.2, -0.15) is 0 Å². The lowest BCUT2D eigenvalue weighted by atomic mass is 9.74. The maximum atomic E-state index is 3.98. The maximum absolute atomic E-state index is 3.98. The molecule has 0 saturated carbocycles. The fraction of sp³-hybridized carbons (Fsp3) is 0.822. The SMILES string of the molecule is C=CC1CC(CCC)=C(C)CC1CC.CC.CC.CC.CC.CC.CCC.CCCC=C/C(C)=C(\C)CC(CC)C(C)C(C)C. The van der Waals surface area contributed by atoms with Gasteiger partial charge in [-0.1, -0.05) is 204 Å². The molecule has 0 radical (unpaired) electrons. The van der Waals surface area contributed by atoms with E-state index in [1.807, 2.05) is 69.2 Å². The molecule has 1 rings (SSSR count). The van der Waals surface area contributed by atoms with Gasteiger partial charge in [-0.25, -0.2) is 0 Å². The first-order valence-electron chi connectivity index (χ1n) is 20.2. The van der Waals surface area contributed by atoms with Gasteiger partial charge in [0.25, 0.3) is 0 Å². The first-order chi connectivity index (χ1) is 21.6. The Morgan fingerprint density at radius 1 is 0.778 bits per heavy atom. The molecule has 0 aromatic heterocycles. The van der Waals surface area contributed by atoms with Crippen LogP contribution in [0.2, 0.25) is 0 Å². The van der Waals surface area contributed by atoms with E-state index in [0.717, 1.165) is 29.6 Å². The molecule has 0 aliphatic heterocycles. The minimum atomic E-state index is 0.741. The molecule has 0 bridgehead atoms. The van der Waals surface area contributed by atoms with Gasteiger partial charge >= 0.3 is 0 Å². The fourth-order valence-electron chi connectivity index (χ4n) is 5.02. The Balaban J connectivity index is -0.0000000946. The number of allylic oxidation sites excluding steroid dienone is 7. The lowest BCUT2D eigenvalue weighted by Gasteiger charge is -2.31. The molecule has 0 saturated heterocycles. The van der Waals surface area contributed by atoms with Crippen molar-refractivity contribution < 1.29 is 0 Å². The van der Waals surface area contributed by atoms with E-state index in [0.29, 0.717) is 0 Å². The molecule has 0 amide bonds. The van der Waals surface area contributed by atoms with Crippen LogP contribution in [0.4, 0.5) is 0 Å². The van der Waals surface area contributed by atoms with Gasteiger partial charge < -0.3 is 0 Å². The second-order valence-corrected chi connectivity index (χ2v) is 11.4. The van der Waals surface area contributed by atoms with E-state index in [4.69, 9.17) is 0 Å². The van der Waals surface area contributed by atoms with Gasteiger partial charge in [0.2, 0.25) is 0 Å². The van der Waals surface area contributed by atoms with Crippen molar-refractivity contribution in [1.82, 2.24) is 0 Å². The zero-order valence-electron chi connectivity index (χ0n) is 36.4. The van der Waals surface area contributed by atoms with Crippen LogP contribution in [0.5, 0.6) is 0 Å². The molecule has 0 heterocycles. The quantitative estimate of drug-likeness (QED) is 0.148. The average molecular weight is 637 g/mol. The highest BCUT2D eigenvalue weighted by molar-refractivity contribution is 5.22. The topological polar surface area (TPSA) is 0 Å². The second-order valence-electron chi connectivity index (χ2n) is 11.4. The molecule has 1 aliphatic carbocycles. The third kappa shape index (κ3) is 35.7. The van der Waals surface area contributed by atoms with Gasteiger partial charge in [-0.15, -0.1) is 6.58 Å². The number of hydrogen-bond acceptors (Lipinski definition) is 0. The third-order valence-corrected chi connectivity index (χ3v) is 8.02. The van der Waals surface area contributed by atoms with Crippen LogP contribution in [0.15, 0.2) is 47.1 Å². The molecule has 0 aromatic carbocycles. The molecule has 0 aromatic rings. The average Bonchev–Trinajstić information content (AvgIpc) is 3.09. The predicted octanol–water partition coefficient (Wildman–Crippen LogP) is 17.7. The summed E-state index contributed by atoms with van der Waals surface area (Å²) in [4.78, 5) is 0. The molecule has 4 unspecified atom stereocenters. The Kier molecular flexibility index (Phi) is 65.8. The summed E-state index contributed by atoms with van der Waals surface area (Å²) in [5.74, 6) is 4.04. The molecule has 0 nitrogen and oxygen atoms in total. The molecule has 1 aliphatic rings. The highest BCUT2D eigenvalue weighted by Gasteiger charge is 2.24. The largest absolute Gasteiger partial charge is 0.103 e. The Bertz CT molecular complexity index is 612. The zero-order valence-corrected chi connectivity index (χ0v) is 36.4. The van der Waals surface area contributed by atoms with Crippen LogP contribution in [0, 0.1) is 29.6 Å². The normalized spacial score (nSPS) is 16.6. The van der Waals surface area contributed by atoms with E-state index in [2.05, 4.69) is 108 Å². The van der Waals surface area contributed by atoms with Crippen molar-refractivity contribution in [3.8, 4) is 0 Å². The first kappa shape index (κ1) is 59.4. The summed E-state index contributed by atoms with van der Waals surface area (Å²) in [6.07, 6.45) is 19.5. The molecule has 0 N–H and O–H groups in total. The van der Waals surface area contributed by atoms with Crippen LogP contribution in [0.3, 0.4) is 0 Å². The van der Waals surface area contributed by atoms with Gasteiger partial charge in [-0.05, 0) is 82.5 Å². The van der Waals surface area contributed by atoms with E-state index in [1.165, 1.54) is 69.8 Å². The molecule has 276 valence electrons. The summed E-state index contributed by atoms with van der Waals surface area (Å²) in [7, 11) is 0. The Morgan fingerprint density at radius 3 is 1.58 bits per heavy atom. The van der Waals surface area contributed by atoms with Crippen molar-refractivity contribution in [3.05, 3.63) is 47.1 Å². The van der Waals surface area contributed by atoms with Crippen molar-refractivity contribution in [1.29, 1.82) is 0 Å². The Hall–Kier alpha value is -1.04. The van der Waals surface area contributed by atoms with E-state index in [9.17, 15) is 0 Å². The van der Waals surface area contributed by atoms with E-state index < -0.39 is 0 Å². The summed E-state index contributed by atoms with van der Waals surface area (Å²) in [6, 6.07) is 0. The monoisotopic (exact) mass is 637 g/mol. The third-order valence-electron chi connectivity index (χ3n) is 8.02. The minimum Gasteiger partial charge on any atom is -0.103 e. The van der Waals surface area contributed by atoms with Crippen molar-refractivity contribution >= 4 is 0 Å². The Labute approximate surface area is 292 Å². The molecule has 0 spiro atoms.